The highest BCUT2D eigenvalue weighted by Crippen LogP contribution is 2.56. The molecule has 1 aromatic heterocycles. The number of allylic oxidation sites excluding steroid dienone is 15. The van der Waals surface area contributed by atoms with Crippen molar-refractivity contribution in [3.8, 4) is 0 Å². The van der Waals surface area contributed by atoms with Gasteiger partial charge in [-0.3, -0.25) is 0 Å². The highest BCUT2D eigenvalue weighted by Gasteiger charge is 2.47. The molecule has 1 fully saturated rings. The molecule has 3 aliphatic carbocycles. The van der Waals surface area contributed by atoms with E-state index >= 15 is 0 Å². The first-order valence-electron chi connectivity index (χ1n) is 23.2. The van der Waals surface area contributed by atoms with Gasteiger partial charge in [-0.25, -0.2) is 0 Å². The predicted molar refractivity (Wildman–Crippen MR) is 272 cm³/mol. The molecule has 4 heteroatoms. The van der Waals surface area contributed by atoms with Crippen molar-refractivity contribution in [3.05, 3.63) is 167 Å². The maximum Gasteiger partial charge on any atom is 0.236 e. The van der Waals surface area contributed by atoms with Crippen LogP contribution >= 0.6 is 0 Å². The van der Waals surface area contributed by atoms with Gasteiger partial charge in [0.1, 0.15) is 5.58 Å². The maximum atomic E-state index is 7.17. The van der Waals surface area contributed by atoms with Crippen LogP contribution in [0.15, 0.2) is 161 Å². The number of furan rings is 1. The second kappa shape index (κ2) is 17.8. The average Bonchev–Trinajstić information content (AvgIpc) is 3.56. The lowest BCUT2D eigenvalue weighted by molar-refractivity contribution is 0.0326. The van der Waals surface area contributed by atoms with Gasteiger partial charge in [0.2, 0.25) is 7.28 Å². The molecule has 62 heavy (non-hydrogen) atoms. The minimum Gasteiger partial charge on any atom is -0.469 e. The Hall–Kier alpha value is -4.70. The van der Waals surface area contributed by atoms with Crippen molar-refractivity contribution in [3.63, 3.8) is 0 Å². The molecule has 2 aromatic rings. The van der Waals surface area contributed by atoms with Gasteiger partial charge in [0.25, 0.3) is 0 Å². The van der Waals surface area contributed by atoms with Gasteiger partial charge < -0.3 is 14.2 Å². The van der Waals surface area contributed by atoms with Gasteiger partial charge in [0.05, 0.1) is 11.3 Å². The van der Waals surface area contributed by atoms with Crippen molar-refractivity contribution in [2.45, 2.75) is 133 Å². The van der Waals surface area contributed by atoms with E-state index < -0.39 is 0 Å². The number of fused-ring (bicyclic) bond motifs is 5. The molecule has 3 nitrogen and oxygen atoms in total. The summed E-state index contributed by atoms with van der Waals surface area (Å²) in [4.78, 5) is 4.82. The van der Waals surface area contributed by atoms with Crippen molar-refractivity contribution in [2.75, 3.05) is 11.4 Å². The molecule has 0 spiro atoms. The maximum absolute atomic E-state index is 7.17. The van der Waals surface area contributed by atoms with Crippen LogP contribution in [0.3, 0.4) is 0 Å². The molecule has 1 aromatic carbocycles. The molecule has 327 valence electrons. The summed E-state index contributed by atoms with van der Waals surface area (Å²) in [6.07, 6.45) is 37.9. The van der Waals surface area contributed by atoms with Crippen LogP contribution in [0, 0.1) is 28.1 Å². The molecule has 4 aliphatic rings. The van der Waals surface area contributed by atoms with Crippen LogP contribution in [0.5, 0.6) is 0 Å². The summed E-state index contributed by atoms with van der Waals surface area (Å²) >= 11 is 0. The van der Waals surface area contributed by atoms with E-state index in [4.69, 9.17) is 4.42 Å². The number of hydrogen-bond donors (Lipinski definition) is 0. The number of anilines is 1. The highest BCUT2D eigenvalue weighted by molar-refractivity contribution is 6.60. The Labute approximate surface area is 377 Å². The molecule has 1 radical (unpaired) electrons. The normalized spacial score (nSPS) is 25.8. The first kappa shape index (κ1) is 46.8. The standard InChI is InChI=1S/C58H76BN2O/c1-17-21-24-40(5)41(34-42(20-4)54(6,7)8)39-60-33-28-43(23-19-3)61(44-26-27-47-48(35-44)56(11,12)30-29-55(47,9)10)52-46-36-49-50(58(15,16)32-31-57(49,13)14)37-51(46)62-53(52)59-38-45(60)25-22-18-2/h17-28,33-38,47-48H,2-3,29-32,39H2,1,4-16H3/b21-17-,25-22-,33-28+,40-24+,41-34+,42-20+,43-23+,45-38-. The number of benzene rings is 1. The summed E-state index contributed by atoms with van der Waals surface area (Å²) in [6.45, 7) is 41.8. The SMILES string of the molecule is C=C/C=C\C1=C\[B]c2oc3cc4c(cc3c2N(C2=CC3C(C=C2)C(C)(C)CCC3(C)C)C(=C/C=C)/C=C/N1CC(=C\C(=C/C)C(C)(C)C)/C(C)=C/C=C\C)C(C)(C)CCC4(C)C. The monoisotopic (exact) mass is 828 g/mol. The van der Waals surface area contributed by atoms with Gasteiger partial charge in [0, 0.05) is 35.2 Å². The first-order valence-corrected chi connectivity index (χ1v) is 23.2. The van der Waals surface area contributed by atoms with Crippen molar-refractivity contribution in [2.24, 2.45) is 28.1 Å². The predicted octanol–water partition coefficient (Wildman–Crippen LogP) is 15.4. The van der Waals surface area contributed by atoms with E-state index in [1.54, 1.807) is 0 Å². The third kappa shape index (κ3) is 9.46. The van der Waals surface area contributed by atoms with E-state index in [0.717, 1.165) is 46.6 Å². The average molecular weight is 828 g/mol. The molecule has 0 amide bonds. The molecule has 2 unspecified atom stereocenters. The molecule has 2 atom stereocenters. The molecular formula is C58H76BN2O. The quantitative estimate of drug-likeness (QED) is 0.185. The molecule has 6 rings (SSSR count). The van der Waals surface area contributed by atoms with Gasteiger partial charge in [-0.15, -0.1) is 0 Å². The summed E-state index contributed by atoms with van der Waals surface area (Å²) < 4.78 is 7.17. The largest absolute Gasteiger partial charge is 0.469 e. The second-order valence-electron chi connectivity index (χ2n) is 22.0. The lowest BCUT2D eigenvalue weighted by atomic mass is 9.53. The molecule has 1 aliphatic heterocycles. The topological polar surface area (TPSA) is 19.6 Å². The Kier molecular flexibility index (Phi) is 13.5. The van der Waals surface area contributed by atoms with Crippen molar-refractivity contribution < 1.29 is 4.42 Å². The zero-order valence-corrected chi connectivity index (χ0v) is 40.9. The van der Waals surface area contributed by atoms with Crippen LogP contribution in [-0.4, -0.2) is 18.7 Å². The lowest BCUT2D eigenvalue weighted by Crippen LogP contribution is -2.44. The molecule has 2 heterocycles. The van der Waals surface area contributed by atoms with Crippen LogP contribution in [-0.2, 0) is 10.8 Å². The van der Waals surface area contributed by atoms with Gasteiger partial charge >= 0.3 is 0 Å². The van der Waals surface area contributed by atoms with E-state index in [2.05, 4.69) is 218 Å². The van der Waals surface area contributed by atoms with Gasteiger partial charge in [-0.05, 0) is 150 Å². The summed E-state index contributed by atoms with van der Waals surface area (Å²) in [7, 11) is 2.19. The first-order chi connectivity index (χ1) is 29.1. The highest BCUT2D eigenvalue weighted by atomic mass is 16.3. The van der Waals surface area contributed by atoms with Crippen molar-refractivity contribution >= 4 is 29.6 Å². The summed E-state index contributed by atoms with van der Waals surface area (Å²) in [5.41, 5.74) is 13.0. The van der Waals surface area contributed by atoms with Gasteiger partial charge in [-0.1, -0.05) is 156 Å². The van der Waals surface area contributed by atoms with Crippen molar-refractivity contribution in [1.29, 1.82) is 0 Å². The van der Waals surface area contributed by atoms with E-state index in [1.807, 2.05) is 18.2 Å². The Bertz CT molecular complexity index is 2380. The molecular weight excluding hydrogens is 751 g/mol. The smallest absolute Gasteiger partial charge is 0.236 e. The number of rotatable bonds is 9. The van der Waals surface area contributed by atoms with Crippen LogP contribution in [0.1, 0.15) is 134 Å². The molecule has 1 saturated carbocycles. The Morgan fingerprint density at radius 2 is 1.53 bits per heavy atom. The second-order valence-corrected chi connectivity index (χ2v) is 22.0. The third-order valence-electron chi connectivity index (χ3n) is 14.6. The van der Waals surface area contributed by atoms with Gasteiger partial charge in [0.15, 0.2) is 0 Å². The van der Waals surface area contributed by atoms with Gasteiger partial charge in [-0.2, -0.15) is 0 Å². The fraction of sp³-hybridized carbons (Fsp3) is 0.448. The Morgan fingerprint density at radius 1 is 0.871 bits per heavy atom. The number of nitrogens with zero attached hydrogens (tertiary/aromatic N) is 2. The van der Waals surface area contributed by atoms with Crippen molar-refractivity contribution in [1.82, 2.24) is 4.90 Å². The lowest BCUT2D eigenvalue weighted by Gasteiger charge is -2.52. The minimum absolute atomic E-state index is 0.0123. The van der Waals surface area contributed by atoms with E-state index in [-0.39, 0.29) is 27.1 Å². The molecule has 0 N–H and O–H groups in total. The third-order valence-corrected chi connectivity index (χ3v) is 14.6. The number of hydrogen-bond acceptors (Lipinski definition) is 3. The Balaban J connectivity index is 1.66. The summed E-state index contributed by atoms with van der Waals surface area (Å²) in [5.74, 6) is 3.05. The zero-order valence-electron chi connectivity index (χ0n) is 40.9. The summed E-state index contributed by atoms with van der Waals surface area (Å²) in [5, 5.41) is 1.13. The fourth-order valence-corrected chi connectivity index (χ4v) is 10.2. The van der Waals surface area contributed by atoms with E-state index in [1.165, 1.54) is 46.4 Å². The molecule has 0 bridgehead atoms. The van der Waals surface area contributed by atoms with Crippen LogP contribution < -0.4 is 10.6 Å². The fourth-order valence-electron chi connectivity index (χ4n) is 10.2. The van der Waals surface area contributed by atoms with E-state index in [9.17, 15) is 0 Å². The van der Waals surface area contributed by atoms with Crippen LogP contribution in [0.25, 0.3) is 11.0 Å². The minimum atomic E-state index is -0.0123. The Morgan fingerprint density at radius 3 is 2.15 bits per heavy atom. The zero-order chi connectivity index (χ0) is 45.4. The van der Waals surface area contributed by atoms with Crippen LogP contribution in [0.2, 0.25) is 0 Å². The molecule has 0 saturated heterocycles. The van der Waals surface area contributed by atoms with Crippen LogP contribution in [0.4, 0.5) is 5.69 Å². The summed E-state index contributed by atoms with van der Waals surface area (Å²) in [6, 6.07) is 4.84. The van der Waals surface area contributed by atoms with E-state index in [0.29, 0.717) is 18.4 Å².